The van der Waals surface area contributed by atoms with Crippen molar-refractivity contribution in [3.63, 3.8) is 0 Å². The van der Waals surface area contributed by atoms with Crippen LogP contribution in [0, 0.1) is 19.3 Å². The zero-order valence-electron chi connectivity index (χ0n) is 4.48. The van der Waals surface area contributed by atoms with Gasteiger partial charge in [-0.2, -0.15) is 0 Å². The van der Waals surface area contributed by atoms with Crippen LogP contribution in [0.3, 0.4) is 0 Å². The van der Waals surface area contributed by atoms with E-state index in [0.29, 0.717) is 6.42 Å². The maximum absolute atomic E-state index is 4.94. The Hall–Kier alpha value is -0.480. The maximum atomic E-state index is 4.94. The number of methoxy groups -OCH3 is 1. The van der Waals surface area contributed by atoms with Crippen LogP contribution in [0.2, 0.25) is 0 Å². The Bertz CT molecular complexity index is 70.7. The van der Waals surface area contributed by atoms with Crippen LogP contribution in [0.15, 0.2) is 0 Å². The molecule has 1 radical (unpaired) electrons. The first-order valence-corrected chi connectivity index (χ1v) is 2.10. The van der Waals surface area contributed by atoms with Gasteiger partial charge in [-0.15, -0.1) is 12.3 Å². The lowest BCUT2D eigenvalue weighted by molar-refractivity contribution is 0.143. The van der Waals surface area contributed by atoms with Crippen molar-refractivity contribution in [3.8, 4) is 12.3 Å². The Morgan fingerprint density at radius 3 is 2.71 bits per heavy atom. The highest BCUT2D eigenvalue weighted by Crippen LogP contribution is 1.89. The van der Waals surface area contributed by atoms with Crippen molar-refractivity contribution in [2.75, 3.05) is 7.11 Å². The Kier molecular flexibility index (Phi) is 3.45. The Morgan fingerprint density at radius 2 is 2.57 bits per heavy atom. The van der Waals surface area contributed by atoms with Crippen molar-refractivity contribution in [2.24, 2.45) is 0 Å². The predicted octanol–water partition coefficient (Wildman–Crippen LogP) is 0.859. The largest absolute Gasteiger partial charge is 0.380 e. The van der Waals surface area contributed by atoms with Crippen molar-refractivity contribution in [2.45, 2.75) is 12.5 Å². The standard InChI is InChI=1S/C6H9O/c1-4-5-6(2)7-3/h1,6H,2,5H2,3H3. The van der Waals surface area contributed by atoms with Gasteiger partial charge in [-0.3, -0.25) is 0 Å². The summed E-state index contributed by atoms with van der Waals surface area (Å²) in [6.45, 7) is 3.58. The lowest BCUT2D eigenvalue weighted by Crippen LogP contribution is -2.01. The second kappa shape index (κ2) is 3.70. The van der Waals surface area contributed by atoms with Gasteiger partial charge in [-0.25, -0.2) is 0 Å². The van der Waals surface area contributed by atoms with Gasteiger partial charge >= 0.3 is 0 Å². The molecule has 0 aliphatic rings. The van der Waals surface area contributed by atoms with Crippen molar-refractivity contribution in [1.29, 1.82) is 0 Å². The zero-order valence-corrected chi connectivity index (χ0v) is 4.48. The van der Waals surface area contributed by atoms with E-state index in [9.17, 15) is 0 Å². The molecule has 0 spiro atoms. The number of hydrogen-bond donors (Lipinski definition) is 0. The molecule has 1 unspecified atom stereocenters. The van der Waals surface area contributed by atoms with E-state index >= 15 is 0 Å². The molecule has 1 nitrogen and oxygen atoms in total. The molecule has 0 heterocycles. The molecule has 0 aliphatic carbocycles. The van der Waals surface area contributed by atoms with Crippen molar-refractivity contribution >= 4 is 0 Å². The van der Waals surface area contributed by atoms with Crippen LogP contribution in [-0.4, -0.2) is 13.2 Å². The normalized spacial score (nSPS) is 12.7. The SMILES string of the molecule is C#CCC([CH2])OC. The fraction of sp³-hybridized carbons (Fsp3) is 0.500. The molecular formula is C6H9O. The molecule has 7 heavy (non-hydrogen) atoms. The first-order valence-electron chi connectivity index (χ1n) is 2.10. The molecule has 0 rings (SSSR count). The lowest BCUT2D eigenvalue weighted by Gasteiger charge is -2.00. The van der Waals surface area contributed by atoms with Crippen molar-refractivity contribution in [3.05, 3.63) is 6.92 Å². The zero-order chi connectivity index (χ0) is 5.70. The van der Waals surface area contributed by atoms with Gasteiger partial charge in [0.1, 0.15) is 0 Å². The maximum Gasteiger partial charge on any atom is 0.0681 e. The summed E-state index contributed by atoms with van der Waals surface area (Å²) in [5.41, 5.74) is 0. The molecule has 1 atom stereocenters. The minimum absolute atomic E-state index is 0.0370. The number of rotatable bonds is 2. The third kappa shape index (κ3) is 3.35. The van der Waals surface area contributed by atoms with E-state index in [1.165, 1.54) is 0 Å². The highest BCUT2D eigenvalue weighted by atomic mass is 16.5. The molecule has 0 aliphatic heterocycles. The van der Waals surface area contributed by atoms with Crippen molar-refractivity contribution < 1.29 is 4.74 Å². The molecule has 0 aromatic rings. The Morgan fingerprint density at radius 1 is 2.00 bits per heavy atom. The second-order valence-corrected chi connectivity index (χ2v) is 1.27. The van der Waals surface area contributed by atoms with E-state index in [2.05, 4.69) is 12.8 Å². The average molecular weight is 97.1 g/mol. The van der Waals surface area contributed by atoms with E-state index in [4.69, 9.17) is 11.2 Å². The molecule has 0 aromatic carbocycles. The van der Waals surface area contributed by atoms with Crippen molar-refractivity contribution in [1.82, 2.24) is 0 Å². The average Bonchev–Trinajstić information content (AvgIpc) is 1.68. The van der Waals surface area contributed by atoms with E-state index in [-0.39, 0.29) is 6.10 Å². The molecule has 0 aromatic heterocycles. The Labute approximate surface area is 44.7 Å². The molecule has 0 fully saturated rings. The molecule has 0 saturated heterocycles. The highest BCUT2D eigenvalue weighted by Gasteiger charge is 1.91. The van der Waals surface area contributed by atoms with Crippen LogP contribution in [0.25, 0.3) is 0 Å². The van der Waals surface area contributed by atoms with Gasteiger partial charge in [0.15, 0.2) is 0 Å². The van der Waals surface area contributed by atoms with Gasteiger partial charge in [-0.05, 0) is 6.92 Å². The third-order valence-electron chi connectivity index (χ3n) is 0.679. The smallest absolute Gasteiger partial charge is 0.0681 e. The summed E-state index contributed by atoms with van der Waals surface area (Å²) in [5, 5.41) is 0. The number of hydrogen-bond acceptors (Lipinski definition) is 1. The van der Waals surface area contributed by atoms with Crippen LogP contribution in [0.4, 0.5) is 0 Å². The predicted molar refractivity (Wildman–Crippen MR) is 29.6 cm³/mol. The van der Waals surface area contributed by atoms with Crippen LogP contribution >= 0.6 is 0 Å². The summed E-state index contributed by atoms with van der Waals surface area (Å²) >= 11 is 0. The first kappa shape index (κ1) is 6.52. The first-order chi connectivity index (χ1) is 3.31. The molecule has 0 N–H and O–H groups in total. The number of terminal acetylenes is 1. The molecule has 1 heteroatoms. The minimum atomic E-state index is -0.0370. The van der Waals surface area contributed by atoms with Crippen LogP contribution in [0.1, 0.15) is 6.42 Å². The molecule has 0 saturated carbocycles. The van der Waals surface area contributed by atoms with Gasteiger partial charge in [0.05, 0.1) is 6.10 Å². The monoisotopic (exact) mass is 97.1 g/mol. The lowest BCUT2D eigenvalue weighted by atomic mass is 10.3. The summed E-state index contributed by atoms with van der Waals surface area (Å²) in [6.07, 6.45) is 5.49. The summed E-state index contributed by atoms with van der Waals surface area (Å²) in [7, 11) is 1.59. The topological polar surface area (TPSA) is 9.23 Å². The van der Waals surface area contributed by atoms with Crippen LogP contribution in [0.5, 0.6) is 0 Å². The number of ether oxygens (including phenoxy) is 1. The van der Waals surface area contributed by atoms with E-state index in [1.54, 1.807) is 7.11 Å². The van der Waals surface area contributed by atoms with Crippen LogP contribution < -0.4 is 0 Å². The minimum Gasteiger partial charge on any atom is -0.380 e. The summed E-state index contributed by atoms with van der Waals surface area (Å²) in [5.74, 6) is 2.43. The molecule has 0 bridgehead atoms. The molecular weight excluding hydrogens is 88.1 g/mol. The third-order valence-corrected chi connectivity index (χ3v) is 0.679. The Balaban J connectivity index is 3.03. The van der Waals surface area contributed by atoms with Gasteiger partial charge in [0.25, 0.3) is 0 Å². The van der Waals surface area contributed by atoms with Gasteiger partial charge in [-0.1, -0.05) is 0 Å². The molecule has 39 valence electrons. The fourth-order valence-corrected chi connectivity index (χ4v) is 0.215. The van der Waals surface area contributed by atoms with E-state index < -0.39 is 0 Å². The summed E-state index contributed by atoms with van der Waals surface area (Å²) < 4.78 is 4.74. The second-order valence-electron chi connectivity index (χ2n) is 1.27. The summed E-state index contributed by atoms with van der Waals surface area (Å²) in [6, 6.07) is 0. The van der Waals surface area contributed by atoms with Gasteiger partial charge in [0.2, 0.25) is 0 Å². The van der Waals surface area contributed by atoms with E-state index in [1.807, 2.05) is 0 Å². The van der Waals surface area contributed by atoms with Crippen LogP contribution in [-0.2, 0) is 4.74 Å². The highest BCUT2D eigenvalue weighted by molar-refractivity contribution is 4.87. The van der Waals surface area contributed by atoms with E-state index in [0.717, 1.165) is 0 Å². The fourth-order valence-electron chi connectivity index (χ4n) is 0.215. The summed E-state index contributed by atoms with van der Waals surface area (Å²) in [4.78, 5) is 0. The van der Waals surface area contributed by atoms with Gasteiger partial charge < -0.3 is 4.74 Å². The van der Waals surface area contributed by atoms with Gasteiger partial charge in [0, 0.05) is 13.5 Å². The molecule has 0 amide bonds. The quantitative estimate of drug-likeness (QED) is 0.464.